The molecule has 1 fully saturated rings. The third-order valence-corrected chi connectivity index (χ3v) is 2.66. The molecule has 1 aromatic carbocycles. The third-order valence-electron chi connectivity index (χ3n) is 2.66. The van der Waals surface area contributed by atoms with E-state index in [1.54, 1.807) is 0 Å². The van der Waals surface area contributed by atoms with Crippen LogP contribution in [0.1, 0.15) is 38.2 Å². The lowest BCUT2D eigenvalue weighted by Gasteiger charge is -2.11. The molecule has 1 aliphatic rings. The Morgan fingerprint density at radius 2 is 2.00 bits per heavy atom. The van der Waals surface area contributed by atoms with Gasteiger partial charge in [0, 0.05) is 0 Å². The molecular weight excluding hydrogens is 188 g/mol. The number of ether oxygens (including phenoxy) is 1. The van der Waals surface area contributed by atoms with Gasteiger partial charge in [0.15, 0.2) is 0 Å². The van der Waals surface area contributed by atoms with Crippen molar-refractivity contribution < 1.29 is 9.53 Å². The smallest absolute Gasteiger partial charge is 0.314 e. The summed E-state index contributed by atoms with van der Waals surface area (Å²) in [5, 5.41) is 0. The molecule has 1 aliphatic carbocycles. The van der Waals surface area contributed by atoms with Gasteiger partial charge in [-0.25, -0.2) is 0 Å². The largest absolute Gasteiger partial charge is 0.426 e. The maximum absolute atomic E-state index is 11.5. The summed E-state index contributed by atoms with van der Waals surface area (Å²) < 4.78 is 5.39. The van der Waals surface area contributed by atoms with Crippen LogP contribution in [0.3, 0.4) is 0 Å². The van der Waals surface area contributed by atoms with Crippen LogP contribution in [-0.2, 0) is 4.79 Å². The number of hydrogen-bond acceptors (Lipinski definition) is 2. The van der Waals surface area contributed by atoms with Crippen molar-refractivity contribution in [1.29, 1.82) is 0 Å². The Morgan fingerprint density at radius 1 is 1.33 bits per heavy atom. The maximum atomic E-state index is 11.5. The highest BCUT2D eigenvalue weighted by Crippen LogP contribution is 2.33. The van der Waals surface area contributed by atoms with E-state index in [-0.39, 0.29) is 11.9 Å². The van der Waals surface area contributed by atoms with Gasteiger partial charge >= 0.3 is 5.97 Å². The lowest BCUT2D eigenvalue weighted by molar-refractivity contribution is -0.135. The van der Waals surface area contributed by atoms with Crippen molar-refractivity contribution in [1.82, 2.24) is 0 Å². The van der Waals surface area contributed by atoms with Gasteiger partial charge in [0.25, 0.3) is 0 Å². The van der Waals surface area contributed by atoms with Gasteiger partial charge in [0.05, 0.1) is 5.92 Å². The molecule has 0 saturated heterocycles. The first-order valence-electron chi connectivity index (χ1n) is 5.49. The van der Waals surface area contributed by atoms with Crippen molar-refractivity contribution in [2.45, 2.75) is 32.6 Å². The summed E-state index contributed by atoms with van der Waals surface area (Å²) in [5.74, 6) is 1.20. The van der Waals surface area contributed by atoms with Crippen LogP contribution in [0.15, 0.2) is 24.3 Å². The summed E-state index contributed by atoms with van der Waals surface area (Å²) in [4.78, 5) is 11.5. The van der Waals surface area contributed by atoms with E-state index < -0.39 is 0 Å². The fourth-order valence-corrected chi connectivity index (χ4v) is 1.56. The molecular formula is C13H16O2. The first-order valence-corrected chi connectivity index (χ1v) is 5.49. The Hall–Kier alpha value is -1.31. The number of rotatable bonds is 3. The molecule has 1 aromatic rings. The highest BCUT2D eigenvalue weighted by Gasteiger charge is 2.32. The van der Waals surface area contributed by atoms with E-state index in [4.69, 9.17) is 4.74 Å². The minimum Gasteiger partial charge on any atom is -0.426 e. The van der Waals surface area contributed by atoms with Crippen molar-refractivity contribution in [3.63, 3.8) is 0 Å². The van der Waals surface area contributed by atoms with E-state index >= 15 is 0 Å². The quantitative estimate of drug-likeness (QED) is 0.558. The van der Waals surface area contributed by atoms with E-state index in [2.05, 4.69) is 13.8 Å². The van der Waals surface area contributed by atoms with Crippen LogP contribution >= 0.6 is 0 Å². The summed E-state index contributed by atoms with van der Waals surface area (Å²) >= 11 is 0. The molecule has 0 radical (unpaired) electrons. The Labute approximate surface area is 90.3 Å². The van der Waals surface area contributed by atoms with Gasteiger partial charge in [0.2, 0.25) is 0 Å². The summed E-state index contributed by atoms with van der Waals surface area (Å²) in [6.45, 7) is 4.20. The molecule has 0 N–H and O–H groups in total. The standard InChI is InChI=1S/C13H16O2/c1-9(2)11-5-3-4-6-12(11)15-13(14)10-7-8-10/h3-6,9-10H,7-8H2,1-2H3. The zero-order chi connectivity index (χ0) is 10.8. The molecule has 1 saturated carbocycles. The fourth-order valence-electron chi connectivity index (χ4n) is 1.56. The van der Waals surface area contributed by atoms with E-state index in [9.17, 15) is 4.79 Å². The third kappa shape index (κ3) is 2.38. The van der Waals surface area contributed by atoms with Gasteiger partial charge in [-0.3, -0.25) is 4.79 Å². The van der Waals surface area contributed by atoms with Gasteiger partial charge in [-0.15, -0.1) is 0 Å². The first kappa shape index (κ1) is 10.2. The van der Waals surface area contributed by atoms with Gasteiger partial charge in [-0.2, -0.15) is 0 Å². The van der Waals surface area contributed by atoms with Gasteiger partial charge < -0.3 is 4.74 Å². The van der Waals surface area contributed by atoms with Crippen LogP contribution in [0.4, 0.5) is 0 Å². The van der Waals surface area contributed by atoms with Crippen LogP contribution in [0.5, 0.6) is 5.75 Å². The Bertz CT molecular complexity index is 365. The molecule has 0 spiro atoms. The van der Waals surface area contributed by atoms with Gasteiger partial charge in [0.1, 0.15) is 5.75 Å². The normalized spacial score (nSPS) is 15.4. The second-order valence-corrected chi connectivity index (χ2v) is 4.39. The van der Waals surface area contributed by atoms with E-state index in [1.165, 1.54) is 0 Å². The highest BCUT2D eigenvalue weighted by molar-refractivity contribution is 5.77. The number of para-hydroxylation sites is 1. The molecule has 0 bridgehead atoms. The molecule has 0 amide bonds. The Morgan fingerprint density at radius 3 is 2.60 bits per heavy atom. The topological polar surface area (TPSA) is 26.3 Å². The van der Waals surface area contributed by atoms with E-state index in [0.717, 1.165) is 24.2 Å². The highest BCUT2D eigenvalue weighted by atomic mass is 16.5. The molecule has 80 valence electrons. The van der Waals surface area contributed by atoms with Crippen LogP contribution in [-0.4, -0.2) is 5.97 Å². The lowest BCUT2D eigenvalue weighted by Crippen LogP contribution is -2.11. The summed E-state index contributed by atoms with van der Waals surface area (Å²) in [6.07, 6.45) is 1.98. The molecule has 0 heterocycles. The maximum Gasteiger partial charge on any atom is 0.314 e. The van der Waals surface area contributed by atoms with Crippen molar-refractivity contribution in [3.05, 3.63) is 29.8 Å². The average molecular weight is 204 g/mol. The van der Waals surface area contributed by atoms with E-state index in [0.29, 0.717) is 5.92 Å². The van der Waals surface area contributed by atoms with Crippen molar-refractivity contribution >= 4 is 5.97 Å². The SMILES string of the molecule is CC(C)c1ccccc1OC(=O)C1CC1. The molecule has 0 atom stereocenters. The van der Waals surface area contributed by atoms with Crippen LogP contribution in [0.25, 0.3) is 0 Å². The average Bonchev–Trinajstić information content (AvgIpc) is 3.01. The number of esters is 1. The molecule has 0 aliphatic heterocycles. The summed E-state index contributed by atoms with van der Waals surface area (Å²) in [7, 11) is 0. The molecule has 2 nitrogen and oxygen atoms in total. The summed E-state index contributed by atoms with van der Waals surface area (Å²) in [5.41, 5.74) is 1.10. The van der Waals surface area contributed by atoms with Crippen molar-refractivity contribution in [2.24, 2.45) is 5.92 Å². The Kier molecular flexibility index (Phi) is 2.76. The fraction of sp³-hybridized carbons (Fsp3) is 0.462. The zero-order valence-electron chi connectivity index (χ0n) is 9.19. The minimum absolute atomic E-state index is 0.0666. The predicted molar refractivity (Wildman–Crippen MR) is 58.9 cm³/mol. The number of benzene rings is 1. The minimum atomic E-state index is -0.0666. The number of hydrogen-bond donors (Lipinski definition) is 0. The van der Waals surface area contributed by atoms with Crippen molar-refractivity contribution in [3.8, 4) is 5.75 Å². The van der Waals surface area contributed by atoms with Gasteiger partial charge in [-0.1, -0.05) is 32.0 Å². The molecule has 0 unspecified atom stereocenters. The number of carbonyl (C=O) groups excluding carboxylic acids is 1. The van der Waals surface area contributed by atoms with Crippen molar-refractivity contribution in [2.75, 3.05) is 0 Å². The van der Waals surface area contributed by atoms with Crippen LogP contribution < -0.4 is 4.74 Å². The molecule has 0 aromatic heterocycles. The Balaban J connectivity index is 2.15. The molecule has 2 rings (SSSR count). The second-order valence-electron chi connectivity index (χ2n) is 4.39. The number of carbonyl (C=O) groups is 1. The molecule has 15 heavy (non-hydrogen) atoms. The van der Waals surface area contributed by atoms with Crippen LogP contribution in [0.2, 0.25) is 0 Å². The summed E-state index contributed by atoms with van der Waals surface area (Å²) in [6, 6.07) is 7.76. The second kappa shape index (κ2) is 4.05. The molecule has 2 heteroatoms. The van der Waals surface area contributed by atoms with Gasteiger partial charge in [-0.05, 0) is 30.4 Å². The first-order chi connectivity index (χ1) is 7.18. The van der Waals surface area contributed by atoms with E-state index in [1.807, 2.05) is 24.3 Å². The predicted octanol–water partition coefficient (Wildman–Crippen LogP) is 3.13. The monoisotopic (exact) mass is 204 g/mol. The van der Waals surface area contributed by atoms with Crippen LogP contribution in [0, 0.1) is 5.92 Å². The zero-order valence-corrected chi connectivity index (χ0v) is 9.19. The lowest BCUT2D eigenvalue weighted by atomic mass is 10.0.